The maximum atomic E-state index is 12.6. The van der Waals surface area contributed by atoms with Crippen LogP contribution in [0.15, 0.2) is 24.4 Å². The number of nitrogens with zero attached hydrogens (tertiary/aromatic N) is 3. The first-order valence-electron chi connectivity index (χ1n) is 7.28. The van der Waals surface area contributed by atoms with Gasteiger partial charge in [0.15, 0.2) is 0 Å². The molecule has 0 saturated heterocycles. The molecule has 2 heterocycles. The van der Waals surface area contributed by atoms with Crippen molar-refractivity contribution in [2.45, 2.75) is 33.7 Å². The average Bonchev–Trinajstić information content (AvgIpc) is 3.06. The lowest BCUT2D eigenvalue weighted by Gasteiger charge is -2.09. The first-order valence-corrected chi connectivity index (χ1v) is 7.28. The fourth-order valence-electron chi connectivity index (χ4n) is 2.69. The van der Waals surface area contributed by atoms with Gasteiger partial charge in [0.05, 0.1) is 34.4 Å². The van der Waals surface area contributed by atoms with Crippen LogP contribution in [-0.2, 0) is 0 Å². The van der Waals surface area contributed by atoms with E-state index in [1.165, 1.54) is 0 Å². The molecule has 0 saturated carbocycles. The molecule has 0 aliphatic rings. The molecule has 0 aliphatic heterocycles. The molecule has 3 aromatic rings. The van der Waals surface area contributed by atoms with Gasteiger partial charge in [0, 0.05) is 11.4 Å². The lowest BCUT2D eigenvalue weighted by atomic mass is 10.1. The van der Waals surface area contributed by atoms with Crippen LogP contribution in [0.25, 0.3) is 10.9 Å². The Hall–Kier alpha value is -2.63. The van der Waals surface area contributed by atoms with Crippen molar-refractivity contribution in [3.63, 3.8) is 0 Å². The molecule has 0 fully saturated rings. The van der Waals surface area contributed by atoms with Gasteiger partial charge in [-0.25, -0.2) is 0 Å². The number of hydrogen-bond donors (Lipinski definition) is 2. The number of para-hydroxylation sites is 1. The van der Waals surface area contributed by atoms with Gasteiger partial charge in [0.2, 0.25) is 0 Å². The van der Waals surface area contributed by atoms with Gasteiger partial charge in [-0.1, -0.05) is 12.1 Å². The van der Waals surface area contributed by atoms with Gasteiger partial charge in [-0.3, -0.25) is 14.6 Å². The van der Waals surface area contributed by atoms with E-state index in [4.69, 9.17) is 0 Å². The van der Waals surface area contributed by atoms with Gasteiger partial charge < -0.3 is 5.32 Å². The highest BCUT2D eigenvalue weighted by Crippen LogP contribution is 2.24. The maximum absolute atomic E-state index is 12.6. The second-order valence-corrected chi connectivity index (χ2v) is 5.68. The Morgan fingerprint density at radius 1 is 1.32 bits per heavy atom. The summed E-state index contributed by atoms with van der Waals surface area (Å²) < 4.78 is 1.92. The number of aromatic nitrogens is 4. The third-order valence-corrected chi connectivity index (χ3v) is 3.77. The number of H-pyrrole nitrogens is 1. The number of aromatic amines is 1. The normalized spacial score (nSPS) is 11.3. The number of aryl methyl sites for hydroxylation is 1. The van der Waals surface area contributed by atoms with E-state index in [9.17, 15) is 4.79 Å². The summed E-state index contributed by atoms with van der Waals surface area (Å²) in [6.07, 6.45) is 1.71. The molecule has 114 valence electrons. The zero-order valence-corrected chi connectivity index (χ0v) is 13.1. The highest BCUT2D eigenvalue weighted by atomic mass is 16.1. The van der Waals surface area contributed by atoms with Crippen LogP contribution >= 0.6 is 0 Å². The molecule has 22 heavy (non-hydrogen) atoms. The zero-order valence-electron chi connectivity index (χ0n) is 13.1. The van der Waals surface area contributed by atoms with Gasteiger partial charge in [-0.15, -0.1) is 0 Å². The molecule has 0 spiro atoms. The number of carbonyl (C=O) groups excluding carboxylic acids is 1. The van der Waals surface area contributed by atoms with E-state index >= 15 is 0 Å². The van der Waals surface area contributed by atoms with E-state index in [1.807, 2.05) is 30.7 Å². The average molecular weight is 297 g/mol. The molecule has 0 unspecified atom stereocenters. The highest BCUT2D eigenvalue weighted by Gasteiger charge is 2.18. The molecule has 0 bridgehead atoms. The van der Waals surface area contributed by atoms with Crippen LogP contribution in [0.1, 0.15) is 41.6 Å². The van der Waals surface area contributed by atoms with Crippen molar-refractivity contribution < 1.29 is 4.79 Å². The summed E-state index contributed by atoms with van der Waals surface area (Å²) in [7, 11) is 0. The second-order valence-electron chi connectivity index (χ2n) is 5.68. The van der Waals surface area contributed by atoms with Crippen molar-refractivity contribution in [2.75, 3.05) is 5.32 Å². The molecule has 0 radical (unpaired) electrons. The number of anilines is 1. The summed E-state index contributed by atoms with van der Waals surface area (Å²) in [5, 5.41) is 15.3. The zero-order chi connectivity index (χ0) is 15.9. The van der Waals surface area contributed by atoms with Crippen LogP contribution in [-0.4, -0.2) is 25.9 Å². The molecular weight excluding hydrogens is 278 g/mol. The number of fused-ring (bicyclic) bond motifs is 1. The van der Waals surface area contributed by atoms with Crippen molar-refractivity contribution in [1.29, 1.82) is 0 Å². The molecule has 2 aromatic heterocycles. The molecule has 2 N–H and O–H groups in total. The van der Waals surface area contributed by atoms with Crippen LogP contribution in [0.3, 0.4) is 0 Å². The van der Waals surface area contributed by atoms with E-state index < -0.39 is 0 Å². The highest BCUT2D eigenvalue weighted by molar-refractivity contribution is 6.12. The quantitative estimate of drug-likeness (QED) is 0.779. The van der Waals surface area contributed by atoms with E-state index in [-0.39, 0.29) is 11.9 Å². The molecular formula is C16H19N5O. The smallest absolute Gasteiger partial charge is 0.257 e. The van der Waals surface area contributed by atoms with Crippen LogP contribution < -0.4 is 5.32 Å². The predicted octanol–water partition coefficient (Wildman–Crippen LogP) is 3.21. The third-order valence-electron chi connectivity index (χ3n) is 3.77. The van der Waals surface area contributed by atoms with Gasteiger partial charge in [0.25, 0.3) is 5.91 Å². The SMILES string of the molecule is Cc1nn(C(C)C)c(C)c1NC(=O)c1cccc2cn[nH]c12. The molecule has 6 nitrogen and oxygen atoms in total. The predicted molar refractivity (Wildman–Crippen MR) is 86.1 cm³/mol. The molecule has 6 heteroatoms. The van der Waals surface area contributed by atoms with Crippen LogP contribution in [0.4, 0.5) is 5.69 Å². The summed E-state index contributed by atoms with van der Waals surface area (Å²) >= 11 is 0. The number of rotatable bonds is 3. The lowest BCUT2D eigenvalue weighted by Crippen LogP contribution is -2.14. The Morgan fingerprint density at radius 2 is 2.09 bits per heavy atom. The van der Waals surface area contributed by atoms with Gasteiger partial charge in [-0.05, 0) is 33.8 Å². The van der Waals surface area contributed by atoms with Crippen molar-refractivity contribution in [1.82, 2.24) is 20.0 Å². The number of carbonyl (C=O) groups is 1. The fourth-order valence-corrected chi connectivity index (χ4v) is 2.69. The van der Waals surface area contributed by atoms with E-state index in [0.29, 0.717) is 5.56 Å². The topological polar surface area (TPSA) is 75.6 Å². The largest absolute Gasteiger partial charge is 0.319 e. The number of nitrogens with one attached hydrogen (secondary N) is 2. The molecule has 1 amide bonds. The minimum Gasteiger partial charge on any atom is -0.319 e. The summed E-state index contributed by atoms with van der Waals surface area (Å²) in [6.45, 7) is 8.00. The van der Waals surface area contributed by atoms with Crippen molar-refractivity contribution >= 4 is 22.5 Å². The first-order chi connectivity index (χ1) is 10.5. The minimum atomic E-state index is -0.163. The molecule has 3 rings (SSSR count). The van der Waals surface area contributed by atoms with Gasteiger partial charge in [0.1, 0.15) is 0 Å². The van der Waals surface area contributed by atoms with Crippen LogP contribution in [0, 0.1) is 13.8 Å². The van der Waals surface area contributed by atoms with Crippen molar-refractivity contribution in [3.8, 4) is 0 Å². The summed E-state index contributed by atoms with van der Waals surface area (Å²) in [5.74, 6) is -0.163. The second kappa shape index (κ2) is 5.29. The Bertz CT molecular complexity index is 843. The Balaban J connectivity index is 1.97. The third kappa shape index (κ3) is 2.26. The summed E-state index contributed by atoms with van der Waals surface area (Å²) in [4.78, 5) is 12.6. The first kappa shape index (κ1) is 14.3. The molecule has 1 aromatic carbocycles. The van der Waals surface area contributed by atoms with E-state index in [0.717, 1.165) is 28.0 Å². The maximum Gasteiger partial charge on any atom is 0.257 e. The van der Waals surface area contributed by atoms with E-state index in [2.05, 4.69) is 34.5 Å². The van der Waals surface area contributed by atoms with Crippen LogP contribution in [0.2, 0.25) is 0 Å². The Labute approximate surface area is 128 Å². The van der Waals surface area contributed by atoms with Crippen LogP contribution in [0.5, 0.6) is 0 Å². The standard InChI is InChI=1S/C16H19N5O/c1-9(2)21-11(4)14(10(3)20-21)18-16(22)13-7-5-6-12-8-17-19-15(12)13/h5-9H,1-4H3,(H,17,19)(H,18,22). The lowest BCUT2D eigenvalue weighted by molar-refractivity contribution is 0.102. The minimum absolute atomic E-state index is 0.163. The Morgan fingerprint density at radius 3 is 2.77 bits per heavy atom. The Kier molecular flexibility index (Phi) is 3.44. The fraction of sp³-hybridized carbons (Fsp3) is 0.312. The molecule has 0 atom stereocenters. The molecule has 0 aliphatic carbocycles. The number of benzene rings is 1. The van der Waals surface area contributed by atoms with Crippen molar-refractivity contribution in [3.05, 3.63) is 41.3 Å². The van der Waals surface area contributed by atoms with Crippen molar-refractivity contribution in [2.24, 2.45) is 0 Å². The number of amides is 1. The van der Waals surface area contributed by atoms with Gasteiger partial charge in [-0.2, -0.15) is 10.2 Å². The van der Waals surface area contributed by atoms with Gasteiger partial charge >= 0.3 is 0 Å². The summed E-state index contributed by atoms with van der Waals surface area (Å²) in [6, 6.07) is 5.81. The summed E-state index contributed by atoms with van der Waals surface area (Å²) in [5.41, 5.74) is 3.86. The monoisotopic (exact) mass is 297 g/mol. The number of hydrogen-bond acceptors (Lipinski definition) is 3. The van der Waals surface area contributed by atoms with E-state index in [1.54, 1.807) is 12.3 Å².